The second-order valence-electron chi connectivity index (χ2n) is 9.79. The summed E-state index contributed by atoms with van der Waals surface area (Å²) in [5, 5.41) is 3.72. The van der Waals surface area contributed by atoms with Crippen LogP contribution in [0.2, 0.25) is 15.1 Å². The van der Waals surface area contributed by atoms with E-state index in [1.165, 1.54) is 11.0 Å². The molecule has 3 rings (SSSR count). The van der Waals surface area contributed by atoms with Gasteiger partial charge in [-0.3, -0.25) is 13.9 Å². The lowest BCUT2D eigenvalue weighted by atomic mass is 10.0. The van der Waals surface area contributed by atoms with Crippen LogP contribution in [-0.2, 0) is 32.6 Å². The fourth-order valence-corrected chi connectivity index (χ4v) is 5.75. The number of hydrogen-bond acceptors (Lipinski definition) is 4. The van der Waals surface area contributed by atoms with E-state index in [0.29, 0.717) is 22.2 Å². The molecule has 1 unspecified atom stereocenters. The first-order chi connectivity index (χ1) is 18.9. The van der Waals surface area contributed by atoms with Gasteiger partial charge in [-0.25, -0.2) is 8.42 Å². The number of rotatable bonds is 12. The van der Waals surface area contributed by atoms with Crippen LogP contribution < -0.4 is 9.62 Å². The molecule has 0 radical (unpaired) electrons. The first-order valence-electron chi connectivity index (χ1n) is 12.6. The van der Waals surface area contributed by atoms with Gasteiger partial charge >= 0.3 is 0 Å². The highest BCUT2D eigenvalue weighted by Gasteiger charge is 2.34. The van der Waals surface area contributed by atoms with Gasteiger partial charge in [-0.15, -0.1) is 0 Å². The monoisotopic (exact) mass is 623 g/mol. The maximum Gasteiger partial charge on any atom is 0.244 e. The summed E-state index contributed by atoms with van der Waals surface area (Å²) < 4.78 is 26.6. The van der Waals surface area contributed by atoms with E-state index in [0.717, 1.165) is 16.1 Å². The number of nitrogens with one attached hydrogen (secondary N) is 1. The quantitative estimate of drug-likeness (QED) is 0.275. The molecule has 0 aliphatic rings. The van der Waals surface area contributed by atoms with Crippen LogP contribution in [0.1, 0.15) is 25.0 Å². The van der Waals surface area contributed by atoms with Crippen molar-refractivity contribution >= 4 is 62.3 Å². The summed E-state index contributed by atoms with van der Waals surface area (Å²) in [6.45, 7) is 3.62. The molecule has 40 heavy (non-hydrogen) atoms. The lowest BCUT2D eigenvalue weighted by Crippen LogP contribution is -2.53. The lowest BCUT2D eigenvalue weighted by molar-refractivity contribution is -0.140. The number of benzene rings is 3. The molecular formula is C29H32Cl3N3O4S. The Kier molecular flexibility index (Phi) is 11.3. The van der Waals surface area contributed by atoms with E-state index in [-0.39, 0.29) is 35.5 Å². The largest absolute Gasteiger partial charge is 0.354 e. The van der Waals surface area contributed by atoms with E-state index in [4.69, 9.17) is 34.8 Å². The summed E-state index contributed by atoms with van der Waals surface area (Å²) in [5.41, 5.74) is 1.42. The number of hydrogen-bond donors (Lipinski definition) is 1. The highest BCUT2D eigenvalue weighted by atomic mass is 35.5. The summed E-state index contributed by atoms with van der Waals surface area (Å²) in [6.07, 6.45) is 1.18. The van der Waals surface area contributed by atoms with Crippen LogP contribution in [0.4, 0.5) is 5.69 Å². The fraction of sp³-hybridized carbons (Fsp3) is 0.310. The lowest BCUT2D eigenvalue weighted by Gasteiger charge is -2.34. The third kappa shape index (κ3) is 8.61. The molecule has 3 aromatic carbocycles. The van der Waals surface area contributed by atoms with Gasteiger partial charge in [0.25, 0.3) is 0 Å². The Morgan fingerprint density at radius 3 is 2.00 bits per heavy atom. The average molecular weight is 625 g/mol. The van der Waals surface area contributed by atoms with Gasteiger partial charge in [-0.2, -0.15) is 0 Å². The summed E-state index contributed by atoms with van der Waals surface area (Å²) in [7, 11) is -3.94. The van der Waals surface area contributed by atoms with Gasteiger partial charge in [-0.1, -0.05) is 97.2 Å². The van der Waals surface area contributed by atoms with E-state index in [1.807, 2.05) is 44.2 Å². The Morgan fingerprint density at radius 2 is 1.43 bits per heavy atom. The van der Waals surface area contributed by atoms with Gasteiger partial charge in [0.1, 0.15) is 12.6 Å². The maximum atomic E-state index is 14.1. The Hall–Kier alpha value is -2.78. The van der Waals surface area contributed by atoms with Crippen LogP contribution >= 0.6 is 34.8 Å². The number of sulfonamides is 1. The van der Waals surface area contributed by atoms with Crippen LogP contribution in [0, 0.1) is 5.92 Å². The van der Waals surface area contributed by atoms with E-state index in [2.05, 4.69) is 5.32 Å². The van der Waals surface area contributed by atoms with Crippen molar-refractivity contribution in [2.45, 2.75) is 32.9 Å². The van der Waals surface area contributed by atoms with Crippen molar-refractivity contribution in [3.63, 3.8) is 0 Å². The minimum absolute atomic E-state index is 0.121. The molecule has 3 aromatic rings. The molecule has 0 aromatic heterocycles. The van der Waals surface area contributed by atoms with Gasteiger partial charge < -0.3 is 10.2 Å². The fourth-order valence-electron chi connectivity index (χ4n) is 4.08. The van der Waals surface area contributed by atoms with Crippen molar-refractivity contribution in [3.05, 3.63) is 99.0 Å². The van der Waals surface area contributed by atoms with Gasteiger partial charge in [-0.05, 0) is 35.7 Å². The van der Waals surface area contributed by atoms with Crippen LogP contribution in [0.3, 0.4) is 0 Å². The molecule has 1 atom stereocenters. The minimum atomic E-state index is -3.94. The molecule has 2 amide bonds. The number of nitrogens with zero attached hydrogens (tertiary/aromatic N) is 2. The zero-order valence-corrected chi connectivity index (χ0v) is 25.6. The molecule has 0 saturated carbocycles. The van der Waals surface area contributed by atoms with Crippen molar-refractivity contribution in [2.75, 3.05) is 23.7 Å². The molecule has 1 N–H and O–H groups in total. The van der Waals surface area contributed by atoms with E-state index in [9.17, 15) is 18.0 Å². The molecule has 11 heteroatoms. The predicted molar refractivity (Wildman–Crippen MR) is 162 cm³/mol. The Bertz CT molecular complexity index is 1420. The summed E-state index contributed by atoms with van der Waals surface area (Å²) in [6, 6.07) is 19.6. The molecule has 0 aliphatic carbocycles. The van der Waals surface area contributed by atoms with E-state index < -0.39 is 28.5 Å². The van der Waals surface area contributed by atoms with Crippen LogP contribution in [0.15, 0.2) is 72.8 Å². The molecule has 0 spiro atoms. The summed E-state index contributed by atoms with van der Waals surface area (Å²) in [5.74, 6) is -0.830. The van der Waals surface area contributed by atoms with Crippen LogP contribution in [-0.4, -0.2) is 50.5 Å². The van der Waals surface area contributed by atoms with E-state index >= 15 is 0 Å². The molecule has 0 aliphatic heterocycles. The summed E-state index contributed by atoms with van der Waals surface area (Å²) >= 11 is 19.3. The zero-order chi connectivity index (χ0) is 29.4. The van der Waals surface area contributed by atoms with Crippen LogP contribution in [0.25, 0.3) is 0 Å². The van der Waals surface area contributed by atoms with Gasteiger partial charge in [0.2, 0.25) is 21.8 Å². The number of amides is 2. The number of anilines is 1. The van der Waals surface area contributed by atoms with Crippen molar-refractivity contribution in [2.24, 2.45) is 5.92 Å². The first kappa shape index (κ1) is 31.7. The Balaban J connectivity index is 2.10. The van der Waals surface area contributed by atoms with Crippen molar-refractivity contribution in [1.82, 2.24) is 10.2 Å². The predicted octanol–water partition coefficient (Wildman–Crippen LogP) is 5.83. The van der Waals surface area contributed by atoms with Gasteiger partial charge in [0.15, 0.2) is 0 Å². The van der Waals surface area contributed by atoms with Crippen molar-refractivity contribution in [1.29, 1.82) is 0 Å². The highest BCUT2D eigenvalue weighted by molar-refractivity contribution is 7.92. The van der Waals surface area contributed by atoms with Crippen molar-refractivity contribution < 1.29 is 18.0 Å². The smallest absolute Gasteiger partial charge is 0.244 e. The normalized spacial score (nSPS) is 12.2. The molecule has 0 saturated heterocycles. The number of carbonyl (C=O) groups is 2. The number of halogens is 3. The molecule has 214 valence electrons. The SMILES string of the molecule is CC(C)CNC(=O)C(Cc1ccccc1)N(Cc1c(Cl)cccc1Cl)C(=O)CN(c1ccccc1Cl)S(C)(=O)=O. The second kappa shape index (κ2) is 14.2. The number of para-hydroxylation sites is 1. The average Bonchev–Trinajstić information content (AvgIpc) is 2.89. The third-order valence-corrected chi connectivity index (χ3v) is 8.30. The Labute approximate surface area is 251 Å². The minimum Gasteiger partial charge on any atom is -0.354 e. The third-order valence-electron chi connectivity index (χ3n) is 6.15. The molecule has 7 nitrogen and oxygen atoms in total. The second-order valence-corrected chi connectivity index (χ2v) is 12.9. The van der Waals surface area contributed by atoms with Crippen molar-refractivity contribution in [3.8, 4) is 0 Å². The highest BCUT2D eigenvalue weighted by Crippen LogP contribution is 2.30. The first-order valence-corrected chi connectivity index (χ1v) is 15.6. The zero-order valence-electron chi connectivity index (χ0n) is 22.5. The maximum absolute atomic E-state index is 14.1. The standard InChI is InChI=1S/C29H32Cl3N3O4S/c1-20(2)17-33-29(37)27(16-21-10-5-4-6-11-21)34(18-22-23(30)13-9-14-24(22)31)28(36)19-35(40(3,38)39)26-15-8-7-12-25(26)32/h4-15,20,27H,16-19H2,1-3H3,(H,33,37). The summed E-state index contributed by atoms with van der Waals surface area (Å²) in [4.78, 5) is 29.1. The molecule has 0 heterocycles. The van der Waals surface area contributed by atoms with Gasteiger partial charge in [0.05, 0.1) is 17.0 Å². The van der Waals surface area contributed by atoms with Crippen LogP contribution in [0.5, 0.6) is 0 Å². The van der Waals surface area contributed by atoms with Gasteiger partial charge in [0, 0.05) is 35.1 Å². The molecule has 0 bridgehead atoms. The topological polar surface area (TPSA) is 86.8 Å². The number of carbonyl (C=O) groups excluding carboxylic acids is 2. The molecule has 0 fully saturated rings. The Morgan fingerprint density at radius 1 is 0.850 bits per heavy atom. The molecular weight excluding hydrogens is 593 g/mol. The van der Waals surface area contributed by atoms with E-state index in [1.54, 1.807) is 36.4 Å².